The SMILES string of the molecule is Nc1cccc2c1c(Cl)nn2Cc1cccc(C2CC2)n1. The zero-order chi connectivity index (χ0) is 14.4. The van der Waals surface area contributed by atoms with E-state index in [2.05, 4.69) is 17.2 Å². The Morgan fingerprint density at radius 3 is 2.81 bits per heavy atom. The number of fused-ring (bicyclic) bond motifs is 1. The molecule has 0 spiro atoms. The fraction of sp³-hybridized carbons (Fsp3) is 0.250. The van der Waals surface area contributed by atoms with Crippen molar-refractivity contribution in [2.45, 2.75) is 25.3 Å². The minimum Gasteiger partial charge on any atom is -0.398 e. The molecule has 2 aromatic heterocycles. The van der Waals surface area contributed by atoms with Gasteiger partial charge in [-0.25, -0.2) is 0 Å². The molecule has 1 aliphatic carbocycles. The van der Waals surface area contributed by atoms with Crippen LogP contribution in [0.3, 0.4) is 0 Å². The lowest BCUT2D eigenvalue weighted by atomic mass is 10.2. The summed E-state index contributed by atoms with van der Waals surface area (Å²) in [5.74, 6) is 0.651. The van der Waals surface area contributed by atoms with Crippen molar-refractivity contribution >= 4 is 28.2 Å². The van der Waals surface area contributed by atoms with Gasteiger partial charge in [0.15, 0.2) is 5.15 Å². The molecule has 21 heavy (non-hydrogen) atoms. The highest BCUT2D eigenvalue weighted by Crippen LogP contribution is 2.38. The Kier molecular flexibility index (Phi) is 2.86. The molecule has 0 aliphatic heterocycles. The summed E-state index contributed by atoms with van der Waals surface area (Å²) in [5, 5.41) is 5.66. The molecule has 106 valence electrons. The number of halogens is 1. The van der Waals surface area contributed by atoms with Crippen molar-refractivity contribution < 1.29 is 0 Å². The number of anilines is 1. The predicted octanol–water partition coefficient (Wildman–Crippen LogP) is 3.59. The van der Waals surface area contributed by atoms with E-state index in [1.165, 1.54) is 18.5 Å². The first kappa shape index (κ1) is 12.7. The Morgan fingerprint density at radius 1 is 1.19 bits per heavy atom. The van der Waals surface area contributed by atoms with Gasteiger partial charge in [-0.3, -0.25) is 9.67 Å². The number of hydrogen-bond donors (Lipinski definition) is 1. The molecule has 0 atom stereocenters. The van der Waals surface area contributed by atoms with Crippen LogP contribution in [0.1, 0.15) is 30.1 Å². The average molecular weight is 299 g/mol. The summed E-state index contributed by atoms with van der Waals surface area (Å²) in [6.07, 6.45) is 2.51. The molecule has 0 unspecified atom stereocenters. The van der Waals surface area contributed by atoms with E-state index in [9.17, 15) is 0 Å². The molecule has 2 heterocycles. The van der Waals surface area contributed by atoms with Crippen LogP contribution in [-0.4, -0.2) is 14.8 Å². The summed E-state index contributed by atoms with van der Waals surface area (Å²) in [7, 11) is 0. The van der Waals surface area contributed by atoms with Gasteiger partial charge < -0.3 is 5.73 Å². The molecule has 0 bridgehead atoms. The second-order valence-corrected chi connectivity index (χ2v) is 5.88. The van der Waals surface area contributed by atoms with Crippen molar-refractivity contribution in [3.8, 4) is 0 Å². The Balaban J connectivity index is 1.74. The Labute approximate surface area is 127 Å². The number of benzene rings is 1. The number of rotatable bonds is 3. The molecule has 0 amide bonds. The molecular weight excluding hydrogens is 284 g/mol. The molecule has 1 aliphatic rings. The molecule has 5 heteroatoms. The van der Waals surface area contributed by atoms with Gasteiger partial charge in [0.25, 0.3) is 0 Å². The van der Waals surface area contributed by atoms with E-state index in [1.807, 2.05) is 28.9 Å². The summed E-state index contributed by atoms with van der Waals surface area (Å²) in [4.78, 5) is 4.73. The van der Waals surface area contributed by atoms with Gasteiger partial charge in [0.05, 0.1) is 23.1 Å². The molecule has 3 aromatic rings. The Hall–Kier alpha value is -2.07. The van der Waals surface area contributed by atoms with E-state index in [1.54, 1.807) is 0 Å². The van der Waals surface area contributed by atoms with Gasteiger partial charge in [0.2, 0.25) is 0 Å². The third kappa shape index (κ3) is 2.25. The molecule has 2 N–H and O–H groups in total. The average Bonchev–Trinajstić information content (AvgIpc) is 3.27. The van der Waals surface area contributed by atoms with E-state index in [0.717, 1.165) is 16.6 Å². The molecule has 4 nitrogen and oxygen atoms in total. The van der Waals surface area contributed by atoms with Crippen LogP contribution in [0.4, 0.5) is 5.69 Å². The zero-order valence-electron chi connectivity index (χ0n) is 11.5. The number of nitrogens with zero attached hydrogens (tertiary/aromatic N) is 3. The van der Waals surface area contributed by atoms with Crippen molar-refractivity contribution in [2.75, 3.05) is 5.73 Å². The lowest BCUT2D eigenvalue weighted by molar-refractivity contribution is 0.692. The van der Waals surface area contributed by atoms with Gasteiger partial charge in [0, 0.05) is 17.3 Å². The van der Waals surface area contributed by atoms with Gasteiger partial charge >= 0.3 is 0 Å². The van der Waals surface area contributed by atoms with Crippen LogP contribution >= 0.6 is 11.6 Å². The van der Waals surface area contributed by atoms with E-state index >= 15 is 0 Å². The summed E-state index contributed by atoms with van der Waals surface area (Å²) in [5.41, 5.74) is 9.77. The predicted molar refractivity (Wildman–Crippen MR) is 84.5 cm³/mol. The normalized spacial score (nSPS) is 14.7. The topological polar surface area (TPSA) is 56.7 Å². The van der Waals surface area contributed by atoms with Gasteiger partial charge in [0.1, 0.15) is 0 Å². The van der Waals surface area contributed by atoms with Gasteiger partial charge in [-0.15, -0.1) is 0 Å². The number of pyridine rings is 1. The van der Waals surface area contributed by atoms with Crippen LogP contribution in [0, 0.1) is 0 Å². The number of nitrogen functional groups attached to an aromatic ring is 1. The van der Waals surface area contributed by atoms with Crippen LogP contribution < -0.4 is 5.73 Å². The van der Waals surface area contributed by atoms with Crippen molar-refractivity contribution in [1.82, 2.24) is 14.8 Å². The van der Waals surface area contributed by atoms with Gasteiger partial charge in [-0.2, -0.15) is 5.10 Å². The maximum absolute atomic E-state index is 6.21. The second-order valence-electron chi connectivity index (χ2n) is 5.52. The number of aromatic nitrogens is 3. The van der Waals surface area contributed by atoms with Crippen LogP contribution in [0.5, 0.6) is 0 Å². The van der Waals surface area contributed by atoms with Crippen LogP contribution in [0.2, 0.25) is 5.15 Å². The Morgan fingerprint density at radius 2 is 2.00 bits per heavy atom. The van der Waals surface area contributed by atoms with Crippen LogP contribution in [-0.2, 0) is 6.54 Å². The Bertz CT molecular complexity index is 820. The summed E-state index contributed by atoms with van der Waals surface area (Å²) in [6.45, 7) is 0.604. The van der Waals surface area contributed by atoms with E-state index < -0.39 is 0 Å². The van der Waals surface area contributed by atoms with Crippen LogP contribution in [0.15, 0.2) is 36.4 Å². The van der Waals surface area contributed by atoms with Crippen molar-refractivity contribution in [3.63, 3.8) is 0 Å². The highest BCUT2D eigenvalue weighted by atomic mass is 35.5. The molecule has 1 aromatic carbocycles. The lowest BCUT2D eigenvalue weighted by Crippen LogP contribution is -2.04. The zero-order valence-corrected chi connectivity index (χ0v) is 12.2. The highest BCUT2D eigenvalue weighted by molar-refractivity contribution is 6.35. The second kappa shape index (κ2) is 4.74. The highest BCUT2D eigenvalue weighted by Gasteiger charge is 2.25. The molecule has 0 saturated heterocycles. The largest absolute Gasteiger partial charge is 0.398 e. The lowest BCUT2D eigenvalue weighted by Gasteiger charge is -2.05. The number of hydrogen-bond acceptors (Lipinski definition) is 3. The third-order valence-corrected chi connectivity index (χ3v) is 4.17. The smallest absolute Gasteiger partial charge is 0.161 e. The summed E-state index contributed by atoms with van der Waals surface area (Å²) >= 11 is 6.21. The van der Waals surface area contributed by atoms with Crippen molar-refractivity contribution in [3.05, 3.63) is 52.9 Å². The van der Waals surface area contributed by atoms with Crippen LogP contribution in [0.25, 0.3) is 10.9 Å². The molecule has 1 saturated carbocycles. The molecular formula is C16H15ClN4. The number of nitrogens with two attached hydrogens (primary N) is 1. The molecule has 4 rings (SSSR count). The van der Waals surface area contributed by atoms with E-state index in [4.69, 9.17) is 22.3 Å². The van der Waals surface area contributed by atoms with Crippen molar-refractivity contribution in [2.24, 2.45) is 0 Å². The minimum atomic E-state index is 0.446. The maximum atomic E-state index is 6.21. The summed E-state index contributed by atoms with van der Waals surface area (Å²) < 4.78 is 1.87. The van der Waals surface area contributed by atoms with E-state index in [-0.39, 0.29) is 0 Å². The van der Waals surface area contributed by atoms with Gasteiger partial charge in [-0.05, 0) is 37.1 Å². The van der Waals surface area contributed by atoms with Gasteiger partial charge in [-0.1, -0.05) is 23.7 Å². The quantitative estimate of drug-likeness (QED) is 0.752. The first-order valence-corrected chi connectivity index (χ1v) is 7.46. The molecule has 0 radical (unpaired) electrons. The van der Waals surface area contributed by atoms with Crippen molar-refractivity contribution in [1.29, 1.82) is 0 Å². The third-order valence-electron chi connectivity index (χ3n) is 3.90. The minimum absolute atomic E-state index is 0.446. The fourth-order valence-corrected chi connectivity index (χ4v) is 2.97. The molecule has 1 fully saturated rings. The first-order chi connectivity index (χ1) is 10.2. The summed E-state index contributed by atoms with van der Waals surface area (Å²) in [6, 6.07) is 11.9. The van der Waals surface area contributed by atoms with E-state index in [0.29, 0.717) is 23.3 Å². The fourth-order valence-electron chi connectivity index (χ4n) is 2.67. The monoisotopic (exact) mass is 298 g/mol. The standard InChI is InChI=1S/C16H15ClN4/c17-16-15-12(18)4-2-6-14(15)21(20-16)9-11-3-1-5-13(19-11)10-7-8-10/h1-6,10H,7-9,18H2. The first-order valence-electron chi connectivity index (χ1n) is 7.09. The maximum Gasteiger partial charge on any atom is 0.161 e.